The number of hydrogen-bond donors (Lipinski definition) is 1. The van der Waals surface area contributed by atoms with Gasteiger partial charge in [0.2, 0.25) is 0 Å². The molecule has 0 saturated carbocycles. The van der Waals surface area contributed by atoms with Crippen molar-refractivity contribution in [3.05, 3.63) is 53.2 Å². The van der Waals surface area contributed by atoms with Crippen LogP contribution in [0.25, 0.3) is 11.3 Å². The molecule has 27 heavy (non-hydrogen) atoms. The number of hydrogen-bond acceptors (Lipinski definition) is 3. The highest BCUT2D eigenvalue weighted by Gasteiger charge is 2.31. The van der Waals surface area contributed by atoms with Gasteiger partial charge in [-0.1, -0.05) is 12.1 Å². The van der Waals surface area contributed by atoms with E-state index in [1.54, 1.807) is 29.2 Å². The van der Waals surface area contributed by atoms with Gasteiger partial charge in [0.25, 0.3) is 5.91 Å². The van der Waals surface area contributed by atoms with E-state index in [0.29, 0.717) is 29.9 Å². The largest absolute Gasteiger partial charge is 0.416 e. The lowest BCUT2D eigenvalue weighted by Crippen LogP contribution is -2.47. The molecular formula is C20H22F3N3O. The van der Waals surface area contributed by atoms with E-state index in [2.05, 4.69) is 4.98 Å². The number of carbonyl (C=O) groups excluding carboxylic acids is 1. The fourth-order valence-electron chi connectivity index (χ4n) is 3.44. The second-order valence-corrected chi connectivity index (χ2v) is 6.84. The summed E-state index contributed by atoms with van der Waals surface area (Å²) in [7, 11) is 0. The van der Waals surface area contributed by atoms with Gasteiger partial charge in [0.15, 0.2) is 0 Å². The van der Waals surface area contributed by atoms with E-state index in [-0.39, 0.29) is 17.6 Å². The first-order valence-electron chi connectivity index (χ1n) is 8.97. The molecule has 0 spiro atoms. The summed E-state index contributed by atoms with van der Waals surface area (Å²) in [5.41, 5.74) is 6.61. The van der Waals surface area contributed by atoms with Crippen molar-refractivity contribution in [3.63, 3.8) is 0 Å². The Morgan fingerprint density at radius 3 is 2.56 bits per heavy atom. The first-order chi connectivity index (χ1) is 12.8. The number of rotatable bonds is 3. The summed E-state index contributed by atoms with van der Waals surface area (Å²) < 4.78 is 39.1. The highest BCUT2D eigenvalue weighted by molar-refractivity contribution is 5.95. The van der Waals surface area contributed by atoms with Gasteiger partial charge in [0.1, 0.15) is 0 Å². The minimum atomic E-state index is -4.43. The van der Waals surface area contributed by atoms with E-state index in [9.17, 15) is 18.0 Å². The molecule has 1 atom stereocenters. The lowest BCUT2D eigenvalue weighted by atomic mass is 10.00. The predicted molar refractivity (Wildman–Crippen MR) is 97.1 cm³/mol. The summed E-state index contributed by atoms with van der Waals surface area (Å²) in [4.78, 5) is 18.8. The van der Waals surface area contributed by atoms with Crippen molar-refractivity contribution >= 4 is 5.91 Å². The van der Waals surface area contributed by atoms with Gasteiger partial charge in [0.05, 0.1) is 11.3 Å². The number of alkyl halides is 3. The maximum atomic E-state index is 13.0. The number of halogens is 3. The number of likely N-dealkylation sites (tertiary alicyclic amines) is 1. The van der Waals surface area contributed by atoms with Gasteiger partial charge >= 0.3 is 6.18 Å². The molecule has 0 aliphatic carbocycles. The maximum Gasteiger partial charge on any atom is 0.416 e. The number of carbonyl (C=O) groups is 1. The molecule has 0 radical (unpaired) electrons. The molecule has 0 bridgehead atoms. The zero-order chi connectivity index (χ0) is 19.6. The molecule has 1 aromatic heterocycles. The SMILES string of the molecule is Cc1cc(C(F)(F)F)cc(-c2ccc(C(=O)N3CCCC[C@H]3CN)cc2)n1. The third-order valence-electron chi connectivity index (χ3n) is 4.87. The van der Waals surface area contributed by atoms with Crippen LogP contribution in [0.4, 0.5) is 13.2 Å². The summed E-state index contributed by atoms with van der Waals surface area (Å²) >= 11 is 0. The van der Waals surface area contributed by atoms with Gasteiger partial charge < -0.3 is 10.6 Å². The summed E-state index contributed by atoms with van der Waals surface area (Å²) in [5, 5.41) is 0. The zero-order valence-corrected chi connectivity index (χ0v) is 15.1. The second-order valence-electron chi connectivity index (χ2n) is 6.84. The Labute approximate surface area is 156 Å². The van der Waals surface area contributed by atoms with E-state index in [4.69, 9.17) is 5.73 Å². The van der Waals surface area contributed by atoms with Crippen LogP contribution in [0.5, 0.6) is 0 Å². The normalized spacial score (nSPS) is 17.8. The number of benzene rings is 1. The number of nitrogens with zero attached hydrogens (tertiary/aromatic N) is 2. The third-order valence-corrected chi connectivity index (χ3v) is 4.87. The molecule has 144 valence electrons. The van der Waals surface area contributed by atoms with Crippen LogP contribution in [0.1, 0.15) is 40.9 Å². The summed E-state index contributed by atoms with van der Waals surface area (Å²) in [6.45, 7) is 2.63. The standard InChI is InChI=1S/C20H22F3N3O/c1-13-10-16(20(21,22)23)11-18(25-13)14-5-7-15(8-6-14)19(27)26-9-3-2-4-17(26)12-24/h5-8,10-11,17H,2-4,9,12,24H2,1H3/t17-/m0/s1. The van der Waals surface area contributed by atoms with Gasteiger partial charge in [-0.2, -0.15) is 13.2 Å². The van der Waals surface area contributed by atoms with Crippen molar-refractivity contribution in [3.8, 4) is 11.3 Å². The smallest absolute Gasteiger partial charge is 0.334 e. The highest BCUT2D eigenvalue weighted by Crippen LogP contribution is 2.32. The fraction of sp³-hybridized carbons (Fsp3) is 0.400. The Kier molecular flexibility index (Phi) is 5.51. The van der Waals surface area contributed by atoms with Crippen molar-refractivity contribution in [2.24, 2.45) is 5.73 Å². The van der Waals surface area contributed by atoms with Crippen molar-refractivity contribution in [2.45, 2.75) is 38.4 Å². The Balaban J connectivity index is 1.85. The van der Waals surface area contributed by atoms with Crippen LogP contribution < -0.4 is 5.73 Å². The van der Waals surface area contributed by atoms with Crippen LogP contribution in [0.3, 0.4) is 0 Å². The molecule has 1 aliphatic heterocycles. The topological polar surface area (TPSA) is 59.2 Å². The van der Waals surface area contributed by atoms with Gasteiger partial charge in [-0.3, -0.25) is 9.78 Å². The van der Waals surface area contributed by atoms with Gasteiger partial charge in [-0.15, -0.1) is 0 Å². The first-order valence-corrected chi connectivity index (χ1v) is 8.97. The number of nitrogens with two attached hydrogens (primary N) is 1. The minimum Gasteiger partial charge on any atom is -0.334 e. The summed E-state index contributed by atoms with van der Waals surface area (Å²) in [6.07, 6.45) is -1.52. The van der Waals surface area contributed by atoms with Crippen molar-refractivity contribution in [1.82, 2.24) is 9.88 Å². The van der Waals surface area contributed by atoms with E-state index in [1.807, 2.05) is 0 Å². The molecule has 2 aromatic rings. The molecule has 1 fully saturated rings. The zero-order valence-electron chi connectivity index (χ0n) is 15.1. The summed E-state index contributed by atoms with van der Waals surface area (Å²) in [5.74, 6) is -0.0927. The lowest BCUT2D eigenvalue weighted by molar-refractivity contribution is -0.137. The average Bonchev–Trinajstić information content (AvgIpc) is 2.66. The molecule has 1 aliphatic rings. The van der Waals surface area contributed by atoms with E-state index in [0.717, 1.165) is 31.4 Å². The Morgan fingerprint density at radius 2 is 1.93 bits per heavy atom. The molecule has 7 heteroatoms. The monoisotopic (exact) mass is 377 g/mol. The third kappa shape index (κ3) is 4.30. The van der Waals surface area contributed by atoms with E-state index >= 15 is 0 Å². The summed E-state index contributed by atoms with van der Waals surface area (Å²) in [6, 6.07) is 8.63. The van der Waals surface area contributed by atoms with Crippen LogP contribution in [-0.2, 0) is 6.18 Å². The number of aromatic nitrogens is 1. The second kappa shape index (κ2) is 7.68. The van der Waals surface area contributed by atoms with Crippen LogP contribution in [0.2, 0.25) is 0 Å². The molecule has 4 nitrogen and oxygen atoms in total. The minimum absolute atomic E-state index is 0.0405. The number of aryl methyl sites for hydroxylation is 1. The van der Waals surface area contributed by atoms with Gasteiger partial charge in [-0.25, -0.2) is 0 Å². The fourth-order valence-corrected chi connectivity index (χ4v) is 3.44. The first kappa shape index (κ1) is 19.4. The lowest BCUT2D eigenvalue weighted by Gasteiger charge is -2.35. The molecule has 1 saturated heterocycles. The molecule has 0 unspecified atom stereocenters. The van der Waals surface area contributed by atoms with Gasteiger partial charge in [-0.05, 0) is 50.5 Å². The highest BCUT2D eigenvalue weighted by atomic mass is 19.4. The maximum absolute atomic E-state index is 13.0. The van der Waals surface area contributed by atoms with Crippen LogP contribution >= 0.6 is 0 Å². The van der Waals surface area contributed by atoms with E-state index < -0.39 is 11.7 Å². The van der Waals surface area contributed by atoms with E-state index in [1.165, 1.54) is 6.92 Å². The molecule has 1 aromatic carbocycles. The number of piperidine rings is 1. The Hall–Kier alpha value is -2.41. The number of pyridine rings is 1. The quantitative estimate of drug-likeness (QED) is 0.879. The Morgan fingerprint density at radius 1 is 1.22 bits per heavy atom. The van der Waals surface area contributed by atoms with Crippen molar-refractivity contribution in [2.75, 3.05) is 13.1 Å². The molecule has 2 N–H and O–H groups in total. The molecular weight excluding hydrogens is 355 g/mol. The molecule has 2 heterocycles. The van der Waals surface area contributed by atoms with Crippen LogP contribution in [0, 0.1) is 6.92 Å². The predicted octanol–water partition coefficient (Wildman–Crippen LogP) is 4.03. The number of amides is 1. The van der Waals surface area contributed by atoms with Crippen LogP contribution in [-0.4, -0.2) is 34.9 Å². The van der Waals surface area contributed by atoms with Crippen molar-refractivity contribution in [1.29, 1.82) is 0 Å². The van der Waals surface area contributed by atoms with Crippen molar-refractivity contribution < 1.29 is 18.0 Å². The molecule has 3 rings (SSSR count). The average molecular weight is 377 g/mol. The molecule has 1 amide bonds. The van der Waals surface area contributed by atoms with Gasteiger partial charge in [0, 0.05) is 36.0 Å². The van der Waals surface area contributed by atoms with Crippen LogP contribution in [0.15, 0.2) is 36.4 Å². The Bertz CT molecular complexity index is 818.